The number of primary sulfonamides is 1. The van der Waals surface area contributed by atoms with Gasteiger partial charge in [-0.3, -0.25) is 0 Å². The van der Waals surface area contributed by atoms with Gasteiger partial charge in [-0.1, -0.05) is 12.1 Å². The van der Waals surface area contributed by atoms with Crippen molar-refractivity contribution in [2.45, 2.75) is 31.3 Å². The Hall–Kier alpha value is -1.63. The molecule has 0 unspecified atom stereocenters. The number of aryl methyl sites for hydroxylation is 1. The van der Waals surface area contributed by atoms with Gasteiger partial charge in [0.15, 0.2) is 0 Å². The maximum Gasteiger partial charge on any atom is 0.238 e. The molecule has 0 fully saturated rings. The Morgan fingerprint density at radius 2 is 1.90 bits per heavy atom. The van der Waals surface area contributed by atoms with Crippen LogP contribution in [-0.2, 0) is 29.5 Å². The first-order valence-corrected chi connectivity index (χ1v) is 8.52. The van der Waals surface area contributed by atoms with E-state index in [1.54, 1.807) is 24.3 Å². The molecule has 2 rings (SSSR count). The molecule has 3 N–H and O–H groups in total. The molecule has 0 aliphatic carbocycles. The maximum atomic E-state index is 11.2. The van der Waals surface area contributed by atoms with E-state index in [1.807, 2.05) is 6.07 Å². The van der Waals surface area contributed by atoms with Crippen LogP contribution in [0.25, 0.3) is 0 Å². The molecule has 21 heavy (non-hydrogen) atoms. The highest BCUT2D eigenvalue weighted by atomic mass is 32.2. The van der Waals surface area contributed by atoms with Gasteiger partial charge >= 0.3 is 0 Å². The molecule has 0 spiro atoms. The largest absolute Gasteiger partial charge is 0.351 e. The van der Waals surface area contributed by atoms with Crippen molar-refractivity contribution in [2.75, 3.05) is 6.54 Å². The second kappa shape index (κ2) is 6.89. The molecular formula is C15H21N3O2S. The summed E-state index contributed by atoms with van der Waals surface area (Å²) >= 11 is 0. The van der Waals surface area contributed by atoms with Crippen molar-refractivity contribution in [1.29, 1.82) is 0 Å². The highest BCUT2D eigenvalue weighted by Crippen LogP contribution is 2.09. The molecule has 1 aromatic carbocycles. The van der Waals surface area contributed by atoms with Gasteiger partial charge in [-0.25, -0.2) is 13.6 Å². The van der Waals surface area contributed by atoms with E-state index in [2.05, 4.69) is 29.1 Å². The fourth-order valence-electron chi connectivity index (χ4n) is 2.21. The number of nitrogens with one attached hydrogen (secondary N) is 1. The van der Waals surface area contributed by atoms with Crippen LogP contribution in [0.4, 0.5) is 0 Å². The highest BCUT2D eigenvalue weighted by molar-refractivity contribution is 7.89. The van der Waals surface area contributed by atoms with E-state index in [-0.39, 0.29) is 4.90 Å². The average molecular weight is 307 g/mol. The second-order valence-electron chi connectivity index (χ2n) is 4.90. The zero-order valence-electron chi connectivity index (χ0n) is 12.1. The lowest BCUT2D eigenvalue weighted by Gasteiger charge is -2.08. The van der Waals surface area contributed by atoms with E-state index in [4.69, 9.17) is 5.14 Å². The Balaban J connectivity index is 1.81. The lowest BCUT2D eigenvalue weighted by molar-refractivity contribution is 0.597. The smallest absolute Gasteiger partial charge is 0.238 e. The Bertz CT molecular complexity index is 675. The van der Waals surface area contributed by atoms with E-state index < -0.39 is 10.0 Å². The first kappa shape index (κ1) is 15.8. The van der Waals surface area contributed by atoms with Crippen molar-refractivity contribution in [3.8, 4) is 0 Å². The van der Waals surface area contributed by atoms with Crippen LogP contribution >= 0.6 is 0 Å². The molecule has 0 radical (unpaired) electrons. The molecule has 6 heteroatoms. The standard InChI is InChI=1S/C15H21N3O2S/c1-2-18-11-3-4-14(18)12-17-10-9-13-5-7-15(8-6-13)21(16,19)20/h3-8,11,17H,2,9-10,12H2,1H3,(H2,16,19,20). The quantitative estimate of drug-likeness (QED) is 0.761. The van der Waals surface area contributed by atoms with Crippen LogP contribution in [0.15, 0.2) is 47.5 Å². The highest BCUT2D eigenvalue weighted by Gasteiger charge is 2.06. The van der Waals surface area contributed by atoms with Gasteiger partial charge < -0.3 is 9.88 Å². The van der Waals surface area contributed by atoms with Gasteiger partial charge in [0.2, 0.25) is 10.0 Å². The van der Waals surface area contributed by atoms with Crippen molar-refractivity contribution in [2.24, 2.45) is 5.14 Å². The minimum absolute atomic E-state index is 0.153. The van der Waals surface area contributed by atoms with Gasteiger partial charge in [0.25, 0.3) is 0 Å². The number of hydrogen-bond donors (Lipinski definition) is 2. The number of benzene rings is 1. The van der Waals surface area contributed by atoms with Crippen LogP contribution < -0.4 is 10.5 Å². The molecule has 0 amide bonds. The number of hydrogen-bond acceptors (Lipinski definition) is 3. The summed E-state index contributed by atoms with van der Waals surface area (Å²) in [5.74, 6) is 0. The van der Waals surface area contributed by atoms with Gasteiger partial charge in [0.05, 0.1) is 4.90 Å². The van der Waals surface area contributed by atoms with Crippen LogP contribution in [0.5, 0.6) is 0 Å². The summed E-state index contributed by atoms with van der Waals surface area (Å²) in [7, 11) is -3.60. The molecule has 0 saturated heterocycles. The number of nitrogens with two attached hydrogens (primary N) is 1. The molecule has 1 heterocycles. The molecule has 0 atom stereocenters. The van der Waals surface area contributed by atoms with E-state index in [9.17, 15) is 8.42 Å². The van der Waals surface area contributed by atoms with Crippen LogP contribution in [0.2, 0.25) is 0 Å². The van der Waals surface area contributed by atoms with Gasteiger partial charge in [0, 0.05) is 25.0 Å². The molecule has 0 saturated carbocycles. The van der Waals surface area contributed by atoms with Gasteiger partial charge in [-0.2, -0.15) is 0 Å². The number of aromatic nitrogens is 1. The minimum Gasteiger partial charge on any atom is -0.351 e. The van der Waals surface area contributed by atoms with Gasteiger partial charge in [-0.15, -0.1) is 0 Å². The lowest BCUT2D eigenvalue weighted by Crippen LogP contribution is -2.18. The van der Waals surface area contributed by atoms with Crippen molar-refractivity contribution in [1.82, 2.24) is 9.88 Å². The molecule has 2 aromatic rings. The maximum absolute atomic E-state index is 11.2. The number of sulfonamides is 1. The predicted octanol–water partition coefficient (Wildman–Crippen LogP) is 1.49. The van der Waals surface area contributed by atoms with Crippen molar-refractivity contribution in [3.05, 3.63) is 53.9 Å². The number of nitrogens with zero attached hydrogens (tertiary/aromatic N) is 1. The minimum atomic E-state index is -3.60. The summed E-state index contributed by atoms with van der Waals surface area (Å²) in [4.78, 5) is 0.153. The van der Waals surface area contributed by atoms with Crippen molar-refractivity contribution in [3.63, 3.8) is 0 Å². The fourth-order valence-corrected chi connectivity index (χ4v) is 2.73. The van der Waals surface area contributed by atoms with Crippen LogP contribution in [0.3, 0.4) is 0 Å². The molecule has 5 nitrogen and oxygen atoms in total. The summed E-state index contributed by atoms with van der Waals surface area (Å²) < 4.78 is 24.5. The molecule has 0 aliphatic heterocycles. The van der Waals surface area contributed by atoms with Crippen LogP contribution in [0.1, 0.15) is 18.2 Å². The van der Waals surface area contributed by atoms with E-state index in [1.165, 1.54) is 5.69 Å². The van der Waals surface area contributed by atoms with Crippen LogP contribution in [0, 0.1) is 0 Å². The summed E-state index contributed by atoms with van der Waals surface area (Å²) in [6, 6.07) is 10.9. The normalized spacial score (nSPS) is 11.7. The van der Waals surface area contributed by atoms with Gasteiger partial charge in [0.1, 0.15) is 0 Å². The molecular weight excluding hydrogens is 286 g/mol. The summed E-state index contributed by atoms with van der Waals surface area (Å²) in [5.41, 5.74) is 2.35. The zero-order chi connectivity index (χ0) is 15.3. The first-order valence-electron chi connectivity index (χ1n) is 6.97. The SMILES string of the molecule is CCn1cccc1CNCCc1ccc(S(N)(=O)=O)cc1. The first-order chi connectivity index (χ1) is 10.0. The Morgan fingerprint density at radius 3 is 2.52 bits per heavy atom. The third-order valence-corrected chi connectivity index (χ3v) is 4.34. The third kappa shape index (κ3) is 4.42. The summed E-state index contributed by atoms with van der Waals surface area (Å²) in [5, 5.41) is 8.46. The zero-order valence-corrected chi connectivity index (χ0v) is 12.9. The Morgan fingerprint density at radius 1 is 1.19 bits per heavy atom. The predicted molar refractivity (Wildman–Crippen MR) is 83.3 cm³/mol. The lowest BCUT2D eigenvalue weighted by atomic mass is 10.1. The van der Waals surface area contributed by atoms with Gasteiger partial charge in [-0.05, 0) is 49.7 Å². The summed E-state index contributed by atoms with van der Waals surface area (Å²) in [6.45, 7) is 4.76. The fraction of sp³-hybridized carbons (Fsp3) is 0.333. The summed E-state index contributed by atoms with van der Waals surface area (Å²) in [6.07, 6.45) is 2.92. The third-order valence-electron chi connectivity index (χ3n) is 3.41. The molecule has 1 aromatic heterocycles. The second-order valence-corrected chi connectivity index (χ2v) is 6.46. The van der Waals surface area contributed by atoms with Crippen molar-refractivity contribution >= 4 is 10.0 Å². The Kier molecular flexibility index (Phi) is 5.17. The van der Waals surface area contributed by atoms with Crippen molar-refractivity contribution < 1.29 is 8.42 Å². The van der Waals surface area contributed by atoms with E-state index in [0.717, 1.165) is 31.6 Å². The van der Waals surface area contributed by atoms with E-state index >= 15 is 0 Å². The average Bonchev–Trinajstić information content (AvgIpc) is 2.90. The monoisotopic (exact) mass is 307 g/mol. The molecule has 0 bridgehead atoms. The molecule has 114 valence electrons. The van der Waals surface area contributed by atoms with E-state index in [0.29, 0.717) is 0 Å². The van der Waals surface area contributed by atoms with Crippen LogP contribution in [-0.4, -0.2) is 19.5 Å². The Labute approximate surface area is 125 Å². The molecule has 0 aliphatic rings. The topological polar surface area (TPSA) is 77.1 Å². The number of rotatable bonds is 7.